The van der Waals surface area contributed by atoms with Crippen LogP contribution >= 0.6 is 11.8 Å². The summed E-state index contributed by atoms with van der Waals surface area (Å²) in [6.45, 7) is 4.25. The van der Waals surface area contributed by atoms with Gasteiger partial charge in [0.2, 0.25) is 5.91 Å². The summed E-state index contributed by atoms with van der Waals surface area (Å²) in [5, 5.41) is 11.9. The minimum Gasteiger partial charge on any atom is -0.481 e. The van der Waals surface area contributed by atoms with E-state index in [-0.39, 0.29) is 12.5 Å². The molecular weight excluding hydrogens is 262 g/mol. The van der Waals surface area contributed by atoms with Crippen molar-refractivity contribution in [3.63, 3.8) is 0 Å². The Labute approximate surface area is 119 Å². The Morgan fingerprint density at radius 1 is 1.32 bits per heavy atom. The molecule has 0 aromatic carbocycles. The summed E-state index contributed by atoms with van der Waals surface area (Å²) in [6.07, 6.45) is 3.36. The molecule has 0 aromatic heterocycles. The number of aliphatic carboxylic acids is 1. The van der Waals surface area contributed by atoms with E-state index < -0.39 is 11.9 Å². The van der Waals surface area contributed by atoms with E-state index in [1.165, 1.54) is 0 Å². The molecule has 1 amide bonds. The third-order valence-electron chi connectivity index (χ3n) is 3.47. The van der Waals surface area contributed by atoms with E-state index >= 15 is 0 Å². The van der Waals surface area contributed by atoms with Gasteiger partial charge in [0.25, 0.3) is 0 Å². The average molecular weight is 287 g/mol. The highest BCUT2D eigenvalue weighted by atomic mass is 32.2. The van der Waals surface area contributed by atoms with Crippen LogP contribution in [0.15, 0.2) is 0 Å². The SMILES string of the molecule is CC(C)CC(CNC(=O)CC1CCSCC1)C(=O)O. The lowest BCUT2D eigenvalue weighted by Crippen LogP contribution is -2.34. The lowest BCUT2D eigenvalue weighted by atomic mass is 9.96. The van der Waals surface area contributed by atoms with Crippen molar-refractivity contribution >= 4 is 23.6 Å². The van der Waals surface area contributed by atoms with Gasteiger partial charge in [-0.25, -0.2) is 0 Å². The molecule has 0 aliphatic carbocycles. The second-order valence-corrected chi connectivity index (χ2v) is 6.95. The first kappa shape index (κ1) is 16.3. The summed E-state index contributed by atoms with van der Waals surface area (Å²) < 4.78 is 0. The van der Waals surface area contributed by atoms with Gasteiger partial charge in [0.05, 0.1) is 5.92 Å². The van der Waals surface area contributed by atoms with Crippen molar-refractivity contribution in [2.45, 2.75) is 39.5 Å². The summed E-state index contributed by atoms with van der Waals surface area (Å²) in [7, 11) is 0. The number of carboxylic acid groups (broad SMARTS) is 1. The first-order valence-electron chi connectivity index (χ1n) is 7.06. The third-order valence-corrected chi connectivity index (χ3v) is 4.51. The maximum Gasteiger partial charge on any atom is 0.308 e. The molecule has 1 aliphatic heterocycles. The molecule has 0 radical (unpaired) electrons. The van der Waals surface area contributed by atoms with Gasteiger partial charge >= 0.3 is 5.97 Å². The van der Waals surface area contributed by atoms with Crippen LogP contribution in [0.3, 0.4) is 0 Å². The Hall–Kier alpha value is -0.710. The van der Waals surface area contributed by atoms with Crippen LogP contribution in [0.4, 0.5) is 0 Å². The van der Waals surface area contributed by atoms with Crippen LogP contribution in [-0.4, -0.2) is 35.0 Å². The Kier molecular flexibility index (Phi) is 7.28. The number of thioether (sulfide) groups is 1. The van der Waals surface area contributed by atoms with Crippen LogP contribution < -0.4 is 5.32 Å². The summed E-state index contributed by atoms with van der Waals surface area (Å²) in [4.78, 5) is 22.9. The third kappa shape index (κ3) is 6.85. The van der Waals surface area contributed by atoms with Crippen molar-refractivity contribution in [1.29, 1.82) is 0 Å². The molecule has 0 saturated carbocycles. The number of carboxylic acids is 1. The molecule has 5 heteroatoms. The first-order chi connectivity index (χ1) is 8.99. The molecule has 1 aliphatic rings. The van der Waals surface area contributed by atoms with Gasteiger partial charge in [-0.05, 0) is 42.6 Å². The largest absolute Gasteiger partial charge is 0.481 e. The fraction of sp³-hybridized carbons (Fsp3) is 0.857. The molecular formula is C14H25NO3S. The van der Waals surface area contributed by atoms with Crippen LogP contribution in [0.25, 0.3) is 0 Å². The van der Waals surface area contributed by atoms with Crippen molar-refractivity contribution in [3.05, 3.63) is 0 Å². The van der Waals surface area contributed by atoms with Gasteiger partial charge in [-0.3, -0.25) is 9.59 Å². The predicted octanol–water partition coefficient (Wildman–Crippen LogP) is 2.38. The smallest absolute Gasteiger partial charge is 0.308 e. The first-order valence-corrected chi connectivity index (χ1v) is 8.21. The second kappa shape index (κ2) is 8.46. The van der Waals surface area contributed by atoms with Gasteiger partial charge in [-0.1, -0.05) is 13.8 Å². The molecule has 4 nitrogen and oxygen atoms in total. The van der Waals surface area contributed by atoms with E-state index in [0.717, 1.165) is 24.3 Å². The normalized spacial score (nSPS) is 18.3. The van der Waals surface area contributed by atoms with Gasteiger partial charge in [-0.15, -0.1) is 0 Å². The zero-order valence-corrected chi connectivity index (χ0v) is 12.7. The molecule has 19 heavy (non-hydrogen) atoms. The van der Waals surface area contributed by atoms with Crippen LogP contribution in [0.1, 0.15) is 39.5 Å². The van der Waals surface area contributed by atoms with Gasteiger partial charge < -0.3 is 10.4 Å². The topological polar surface area (TPSA) is 66.4 Å². The fourth-order valence-electron chi connectivity index (χ4n) is 2.36. The molecule has 1 unspecified atom stereocenters. The van der Waals surface area contributed by atoms with E-state index in [0.29, 0.717) is 24.7 Å². The van der Waals surface area contributed by atoms with E-state index in [9.17, 15) is 9.59 Å². The van der Waals surface area contributed by atoms with Gasteiger partial charge in [-0.2, -0.15) is 11.8 Å². The number of hydrogen-bond acceptors (Lipinski definition) is 3. The standard InChI is InChI=1S/C14H25NO3S/c1-10(2)7-12(14(17)18)9-15-13(16)8-11-3-5-19-6-4-11/h10-12H,3-9H2,1-2H3,(H,15,16)(H,17,18). The highest BCUT2D eigenvalue weighted by Gasteiger charge is 2.21. The number of nitrogens with one attached hydrogen (secondary N) is 1. The van der Waals surface area contributed by atoms with Gasteiger partial charge in [0.15, 0.2) is 0 Å². The van der Waals surface area contributed by atoms with E-state index in [4.69, 9.17) is 5.11 Å². The van der Waals surface area contributed by atoms with Crippen molar-refractivity contribution < 1.29 is 14.7 Å². The van der Waals surface area contributed by atoms with Crippen molar-refractivity contribution in [2.75, 3.05) is 18.1 Å². The predicted molar refractivity (Wildman–Crippen MR) is 78.3 cm³/mol. The molecule has 110 valence electrons. The van der Waals surface area contributed by atoms with Crippen molar-refractivity contribution in [1.82, 2.24) is 5.32 Å². The Bertz CT molecular complexity index is 301. The quantitative estimate of drug-likeness (QED) is 0.754. The van der Waals surface area contributed by atoms with E-state index in [2.05, 4.69) is 5.32 Å². The summed E-state index contributed by atoms with van der Waals surface area (Å²) >= 11 is 1.95. The monoisotopic (exact) mass is 287 g/mol. The molecule has 1 fully saturated rings. The van der Waals surface area contributed by atoms with Crippen LogP contribution in [0.2, 0.25) is 0 Å². The minimum atomic E-state index is -0.817. The highest BCUT2D eigenvalue weighted by Crippen LogP contribution is 2.25. The lowest BCUT2D eigenvalue weighted by Gasteiger charge is -2.21. The Morgan fingerprint density at radius 3 is 2.47 bits per heavy atom. The summed E-state index contributed by atoms with van der Waals surface area (Å²) in [5.41, 5.74) is 0. The van der Waals surface area contributed by atoms with Crippen LogP contribution in [0, 0.1) is 17.8 Å². The zero-order valence-electron chi connectivity index (χ0n) is 11.9. The van der Waals surface area contributed by atoms with Gasteiger partial charge in [0.1, 0.15) is 0 Å². The molecule has 0 spiro atoms. The molecule has 1 atom stereocenters. The maximum absolute atomic E-state index is 11.8. The van der Waals surface area contributed by atoms with Gasteiger partial charge in [0, 0.05) is 13.0 Å². The fourth-order valence-corrected chi connectivity index (χ4v) is 3.57. The molecule has 1 saturated heterocycles. The lowest BCUT2D eigenvalue weighted by molar-refractivity contribution is -0.142. The maximum atomic E-state index is 11.8. The number of rotatable bonds is 7. The summed E-state index contributed by atoms with van der Waals surface area (Å²) in [5.74, 6) is 1.82. The highest BCUT2D eigenvalue weighted by molar-refractivity contribution is 7.99. The van der Waals surface area contributed by atoms with E-state index in [1.807, 2.05) is 25.6 Å². The Morgan fingerprint density at radius 2 is 1.95 bits per heavy atom. The zero-order chi connectivity index (χ0) is 14.3. The molecule has 0 bridgehead atoms. The number of carbonyl (C=O) groups excluding carboxylic acids is 1. The Balaban J connectivity index is 2.28. The molecule has 1 heterocycles. The van der Waals surface area contributed by atoms with Crippen LogP contribution in [-0.2, 0) is 9.59 Å². The summed E-state index contributed by atoms with van der Waals surface area (Å²) in [6, 6.07) is 0. The van der Waals surface area contributed by atoms with Crippen LogP contribution in [0.5, 0.6) is 0 Å². The second-order valence-electron chi connectivity index (χ2n) is 5.73. The van der Waals surface area contributed by atoms with Crippen molar-refractivity contribution in [2.24, 2.45) is 17.8 Å². The molecule has 0 aromatic rings. The van der Waals surface area contributed by atoms with E-state index in [1.54, 1.807) is 0 Å². The average Bonchev–Trinajstić information content (AvgIpc) is 2.35. The van der Waals surface area contributed by atoms with Crippen molar-refractivity contribution in [3.8, 4) is 0 Å². The number of carbonyl (C=O) groups is 2. The number of hydrogen-bond donors (Lipinski definition) is 2. The molecule has 1 rings (SSSR count). The minimum absolute atomic E-state index is 0.00639. The molecule has 2 N–H and O–H groups in total. The number of amides is 1.